The lowest BCUT2D eigenvalue weighted by molar-refractivity contribution is -0.125. The number of piperidine rings is 1. The molecule has 7 heteroatoms. The maximum atomic E-state index is 13.6. The van der Waals surface area contributed by atoms with Gasteiger partial charge in [0.2, 0.25) is 11.8 Å². The number of carbonyl (C=O) groups is 2. The third kappa shape index (κ3) is 5.15. The topological polar surface area (TPSA) is 77.1 Å². The smallest absolute Gasteiger partial charge is 0.229 e. The van der Waals surface area contributed by atoms with Gasteiger partial charge in [0.15, 0.2) is 11.5 Å². The van der Waals surface area contributed by atoms with Gasteiger partial charge < -0.3 is 24.4 Å². The second kappa shape index (κ2) is 11.2. The third-order valence-electron chi connectivity index (χ3n) is 6.66. The van der Waals surface area contributed by atoms with Crippen LogP contribution in [0.1, 0.15) is 36.9 Å². The van der Waals surface area contributed by atoms with Crippen LogP contribution in [0.5, 0.6) is 17.2 Å². The lowest BCUT2D eigenvalue weighted by Gasteiger charge is -2.41. The maximum Gasteiger partial charge on any atom is 0.229 e. The van der Waals surface area contributed by atoms with E-state index in [-0.39, 0.29) is 18.2 Å². The van der Waals surface area contributed by atoms with E-state index in [0.29, 0.717) is 29.4 Å². The standard InChI is InChI=1S/C29H32N2O5/c1-5-19-6-9-21(10-7-19)30-29(33)24-15-17-27(32)31(22-11-13-23(34-2)14-12-22)28(24)20-8-16-25(35-3)26(18-20)36-4/h6-14,16,18,24,28H,5,15,17H2,1-4H3,(H,30,33)/t24-,28+/m0/s1. The van der Waals surface area contributed by atoms with Gasteiger partial charge in [-0.05, 0) is 72.5 Å². The number of amides is 2. The Labute approximate surface area is 212 Å². The second-order valence-electron chi connectivity index (χ2n) is 8.71. The number of benzene rings is 3. The minimum atomic E-state index is -0.533. The van der Waals surface area contributed by atoms with Crippen molar-refractivity contribution in [1.29, 1.82) is 0 Å². The molecule has 0 aliphatic carbocycles. The summed E-state index contributed by atoms with van der Waals surface area (Å²) in [5.74, 6) is 1.15. The van der Waals surface area contributed by atoms with Gasteiger partial charge in [0.1, 0.15) is 5.75 Å². The fourth-order valence-electron chi connectivity index (χ4n) is 4.69. The molecule has 0 bridgehead atoms. The Bertz CT molecular complexity index is 1210. The van der Waals surface area contributed by atoms with Crippen LogP contribution >= 0.6 is 0 Å². The number of aryl methyl sites for hydroxylation is 1. The van der Waals surface area contributed by atoms with Crippen LogP contribution in [-0.4, -0.2) is 33.1 Å². The van der Waals surface area contributed by atoms with Gasteiger partial charge >= 0.3 is 0 Å². The summed E-state index contributed by atoms with van der Waals surface area (Å²) in [7, 11) is 4.74. The molecule has 1 heterocycles. The van der Waals surface area contributed by atoms with Crippen LogP contribution in [0, 0.1) is 5.92 Å². The molecule has 2 atom stereocenters. The number of carbonyl (C=O) groups excluding carboxylic acids is 2. The molecule has 0 aromatic heterocycles. The SMILES string of the molecule is CCc1ccc(NC(=O)[C@H]2CCC(=O)N(c3ccc(OC)cc3)[C@@H]2c2ccc(OC)c(OC)c2)cc1. The van der Waals surface area contributed by atoms with E-state index >= 15 is 0 Å². The monoisotopic (exact) mass is 488 g/mol. The number of methoxy groups -OCH3 is 3. The van der Waals surface area contributed by atoms with E-state index in [2.05, 4.69) is 12.2 Å². The summed E-state index contributed by atoms with van der Waals surface area (Å²) in [6, 6.07) is 20.2. The Balaban J connectivity index is 1.75. The van der Waals surface area contributed by atoms with Crippen LogP contribution in [-0.2, 0) is 16.0 Å². The predicted molar refractivity (Wildman–Crippen MR) is 140 cm³/mol. The minimum Gasteiger partial charge on any atom is -0.497 e. The Morgan fingerprint density at radius 2 is 1.61 bits per heavy atom. The molecule has 3 aromatic rings. The number of anilines is 2. The van der Waals surface area contributed by atoms with Gasteiger partial charge in [0.05, 0.1) is 33.3 Å². The maximum absolute atomic E-state index is 13.6. The van der Waals surface area contributed by atoms with Crippen molar-refractivity contribution in [1.82, 2.24) is 0 Å². The van der Waals surface area contributed by atoms with Gasteiger partial charge in [-0.15, -0.1) is 0 Å². The number of hydrogen-bond acceptors (Lipinski definition) is 5. The molecule has 1 fully saturated rings. The van der Waals surface area contributed by atoms with Gasteiger partial charge in [-0.3, -0.25) is 9.59 Å². The summed E-state index contributed by atoms with van der Waals surface area (Å²) in [6.45, 7) is 2.09. The van der Waals surface area contributed by atoms with Crippen molar-refractivity contribution in [2.24, 2.45) is 5.92 Å². The number of ether oxygens (including phenoxy) is 3. The Morgan fingerprint density at radius 3 is 2.22 bits per heavy atom. The highest BCUT2D eigenvalue weighted by Gasteiger charge is 2.41. The van der Waals surface area contributed by atoms with E-state index in [1.807, 2.05) is 60.7 Å². The first-order valence-corrected chi connectivity index (χ1v) is 12.1. The first kappa shape index (κ1) is 25.1. The normalized spacial score (nSPS) is 17.4. The summed E-state index contributed by atoms with van der Waals surface area (Å²) in [5, 5.41) is 3.07. The average Bonchev–Trinajstić information content (AvgIpc) is 2.92. The average molecular weight is 489 g/mol. The number of rotatable bonds is 8. The highest BCUT2D eigenvalue weighted by atomic mass is 16.5. The van der Waals surface area contributed by atoms with E-state index < -0.39 is 12.0 Å². The van der Waals surface area contributed by atoms with E-state index in [0.717, 1.165) is 17.7 Å². The molecule has 7 nitrogen and oxygen atoms in total. The van der Waals surface area contributed by atoms with Crippen LogP contribution in [0.2, 0.25) is 0 Å². The van der Waals surface area contributed by atoms with Crippen molar-refractivity contribution >= 4 is 23.2 Å². The summed E-state index contributed by atoms with van der Waals surface area (Å²) < 4.78 is 16.2. The summed E-state index contributed by atoms with van der Waals surface area (Å²) in [5.41, 5.74) is 3.42. The third-order valence-corrected chi connectivity index (χ3v) is 6.66. The van der Waals surface area contributed by atoms with Crippen molar-refractivity contribution in [2.45, 2.75) is 32.2 Å². The molecule has 188 valence electrons. The lowest BCUT2D eigenvalue weighted by atomic mass is 9.83. The summed E-state index contributed by atoms with van der Waals surface area (Å²) >= 11 is 0. The molecule has 1 saturated heterocycles. The van der Waals surface area contributed by atoms with E-state index in [4.69, 9.17) is 14.2 Å². The highest BCUT2D eigenvalue weighted by molar-refractivity contribution is 6.00. The first-order valence-electron chi connectivity index (χ1n) is 12.1. The zero-order valence-corrected chi connectivity index (χ0v) is 21.1. The van der Waals surface area contributed by atoms with Crippen molar-refractivity contribution in [3.8, 4) is 17.2 Å². The molecule has 0 unspecified atom stereocenters. The number of hydrogen-bond donors (Lipinski definition) is 1. The molecule has 0 saturated carbocycles. The molecule has 2 amide bonds. The largest absolute Gasteiger partial charge is 0.497 e. The summed E-state index contributed by atoms with van der Waals surface area (Å²) in [4.78, 5) is 28.7. The van der Waals surface area contributed by atoms with E-state index in [9.17, 15) is 9.59 Å². The van der Waals surface area contributed by atoms with Gasteiger partial charge in [0, 0.05) is 17.8 Å². The second-order valence-corrected chi connectivity index (χ2v) is 8.71. The first-order chi connectivity index (χ1) is 17.5. The van der Waals surface area contributed by atoms with Gasteiger partial charge in [0.25, 0.3) is 0 Å². The van der Waals surface area contributed by atoms with Crippen LogP contribution in [0.3, 0.4) is 0 Å². The molecule has 0 radical (unpaired) electrons. The van der Waals surface area contributed by atoms with Crippen LogP contribution in [0.15, 0.2) is 66.7 Å². The Kier molecular flexibility index (Phi) is 7.78. The molecule has 3 aromatic carbocycles. The van der Waals surface area contributed by atoms with Crippen molar-refractivity contribution in [3.05, 3.63) is 77.9 Å². The fourth-order valence-corrected chi connectivity index (χ4v) is 4.69. The minimum absolute atomic E-state index is 0.0451. The van der Waals surface area contributed by atoms with Crippen LogP contribution < -0.4 is 24.4 Å². The molecule has 36 heavy (non-hydrogen) atoms. The molecule has 4 rings (SSSR count). The van der Waals surface area contributed by atoms with Crippen molar-refractivity contribution < 1.29 is 23.8 Å². The van der Waals surface area contributed by atoms with Crippen LogP contribution in [0.4, 0.5) is 11.4 Å². The van der Waals surface area contributed by atoms with E-state index in [1.54, 1.807) is 32.3 Å². The summed E-state index contributed by atoms with van der Waals surface area (Å²) in [6.07, 6.45) is 1.63. The van der Waals surface area contributed by atoms with E-state index in [1.165, 1.54) is 5.56 Å². The Hall–Kier alpha value is -4.00. The zero-order valence-electron chi connectivity index (χ0n) is 21.1. The molecule has 1 aliphatic rings. The van der Waals surface area contributed by atoms with Gasteiger partial charge in [-0.25, -0.2) is 0 Å². The molecular formula is C29H32N2O5. The highest BCUT2D eigenvalue weighted by Crippen LogP contribution is 2.43. The molecular weight excluding hydrogens is 456 g/mol. The molecule has 1 N–H and O–H groups in total. The van der Waals surface area contributed by atoms with Crippen molar-refractivity contribution in [2.75, 3.05) is 31.5 Å². The zero-order chi connectivity index (χ0) is 25.7. The lowest BCUT2D eigenvalue weighted by Crippen LogP contribution is -2.47. The fraction of sp³-hybridized carbons (Fsp3) is 0.310. The van der Waals surface area contributed by atoms with Crippen LogP contribution in [0.25, 0.3) is 0 Å². The quantitative estimate of drug-likeness (QED) is 0.460. The number of nitrogens with one attached hydrogen (secondary N) is 1. The van der Waals surface area contributed by atoms with Gasteiger partial charge in [-0.1, -0.05) is 25.1 Å². The Morgan fingerprint density at radius 1 is 0.917 bits per heavy atom. The number of nitrogens with zero attached hydrogens (tertiary/aromatic N) is 1. The van der Waals surface area contributed by atoms with Crippen molar-refractivity contribution in [3.63, 3.8) is 0 Å². The molecule has 1 aliphatic heterocycles. The predicted octanol–water partition coefficient (Wildman–Crippen LogP) is 5.40. The molecule has 0 spiro atoms. The van der Waals surface area contributed by atoms with Gasteiger partial charge in [-0.2, -0.15) is 0 Å².